The molecule has 1 aliphatic carbocycles. The number of nitrogens with two attached hydrogens (primary N) is 1. The Balaban J connectivity index is 2.20. The molecule has 0 radical (unpaired) electrons. The van der Waals surface area contributed by atoms with E-state index < -0.39 is 18.1 Å². The van der Waals surface area contributed by atoms with Gasteiger partial charge in [-0.15, -0.1) is 11.8 Å². The highest BCUT2D eigenvalue weighted by Gasteiger charge is 2.49. The molecule has 0 aromatic carbocycles. The molecule has 19 heavy (non-hydrogen) atoms. The first kappa shape index (κ1) is 14.7. The van der Waals surface area contributed by atoms with Crippen LogP contribution in [0.5, 0.6) is 0 Å². The summed E-state index contributed by atoms with van der Waals surface area (Å²) in [7, 11) is 0. The first-order chi connectivity index (χ1) is 8.73. The smallest absolute Gasteiger partial charge is 0.327 e. The summed E-state index contributed by atoms with van der Waals surface area (Å²) >= 11 is 1.58. The van der Waals surface area contributed by atoms with Crippen LogP contribution in [0.3, 0.4) is 0 Å². The van der Waals surface area contributed by atoms with E-state index in [2.05, 4.69) is 0 Å². The summed E-state index contributed by atoms with van der Waals surface area (Å²) in [5.74, 6) is -0.226. The van der Waals surface area contributed by atoms with Gasteiger partial charge in [0.15, 0.2) is 0 Å². The molecule has 2 rings (SSSR count). The maximum Gasteiger partial charge on any atom is 0.327 e. The number of amides is 1. The number of hydrogen-bond acceptors (Lipinski definition) is 4. The minimum atomic E-state index is -0.926. The Bertz CT molecular complexity index is 390. The van der Waals surface area contributed by atoms with E-state index in [0.717, 1.165) is 12.8 Å². The van der Waals surface area contributed by atoms with Crippen LogP contribution in [0.25, 0.3) is 0 Å². The topological polar surface area (TPSA) is 83.6 Å². The van der Waals surface area contributed by atoms with Gasteiger partial charge in [-0.2, -0.15) is 0 Å². The van der Waals surface area contributed by atoms with Crippen molar-refractivity contribution in [1.29, 1.82) is 0 Å². The molecule has 2 aliphatic rings. The van der Waals surface area contributed by atoms with Crippen LogP contribution in [0.15, 0.2) is 0 Å². The highest BCUT2D eigenvalue weighted by atomic mass is 32.2. The third-order valence-electron chi connectivity index (χ3n) is 3.80. The van der Waals surface area contributed by atoms with Gasteiger partial charge in [0.05, 0.1) is 11.4 Å². The summed E-state index contributed by atoms with van der Waals surface area (Å²) < 4.78 is 0. The molecule has 3 atom stereocenters. The van der Waals surface area contributed by atoms with E-state index >= 15 is 0 Å². The van der Waals surface area contributed by atoms with Gasteiger partial charge in [0.25, 0.3) is 0 Å². The van der Waals surface area contributed by atoms with Crippen molar-refractivity contribution in [1.82, 2.24) is 4.90 Å². The molecule has 1 saturated heterocycles. The Labute approximate surface area is 117 Å². The quantitative estimate of drug-likeness (QED) is 0.812. The van der Waals surface area contributed by atoms with Crippen LogP contribution >= 0.6 is 11.8 Å². The van der Waals surface area contributed by atoms with Crippen molar-refractivity contribution in [3.8, 4) is 0 Å². The Morgan fingerprint density at radius 1 is 1.37 bits per heavy atom. The second kappa shape index (κ2) is 4.98. The zero-order valence-electron chi connectivity index (χ0n) is 11.6. The Kier molecular flexibility index (Phi) is 3.84. The molecule has 1 aliphatic heterocycles. The van der Waals surface area contributed by atoms with Gasteiger partial charge in [0.2, 0.25) is 5.91 Å². The van der Waals surface area contributed by atoms with Crippen molar-refractivity contribution < 1.29 is 14.7 Å². The molecule has 0 aromatic heterocycles. The molecule has 108 valence electrons. The number of carboxylic acids is 1. The van der Waals surface area contributed by atoms with E-state index in [1.165, 1.54) is 0 Å². The lowest BCUT2D eigenvalue weighted by molar-refractivity contribution is -0.151. The molecule has 0 bridgehead atoms. The van der Waals surface area contributed by atoms with Crippen LogP contribution in [-0.4, -0.2) is 45.1 Å². The number of hydrogen-bond donors (Lipinski definition) is 2. The largest absolute Gasteiger partial charge is 0.480 e. The van der Waals surface area contributed by atoms with E-state index in [4.69, 9.17) is 5.73 Å². The molecule has 1 saturated carbocycles. The molecule has 2 fully saturated rings. The summed E-state index contributed by atoms with van der Waals surface area (Å²) in [5, 5.41) is 9.29. The van der Waals surface area contributed by atoms with Crippen LogP contribution in [0.1, 0.15) is 33.6 Å². The molecule has 0 spiro atoms. The van der Waals surface area contributed by atoms with Gasteiger partial charge in [-0.1, -0.05) is 20.8 Å². The van der Waals surface area contributed by atoms with Crippen molar-refractivity contribution in [2.24, 2.45) is 17.1 Å². The van der Waals surface area contributed by atoms with Crippen molar-refractivity contribution in [2.45, 2.75) is 51.1 Å². The van der Waals surface area contributed by atoms with Crippen molar-refractivity contribution in [3.63, 3.8) is 0 Å². The van der Waals surface area contributed by atoms with Gasteiger partial charge in [-0.3, -0.25) is 4.79 Å². The maximum atomic E-state index is 12.6. The second-order valence-electron chi connectivity index (χ2n) is 6.50. The van der Waals surface area contributed by atoms with Gasteiger partial charge in [0.1, 0.15) is 6.04 Å². The fraction of sp³-hybridized carbons (Fsp3) is 0.846. The highest BCUT2D eigenvalue weighted by molar-refractivity contribution is 8.00. The fourth-order valence-electron chi connectivity index (χ4n) is 2.27. The van der Waals surface area contributed by atoms with Crippen LogP contribution in [0.2, 0.25) is 0 Å². The normalized spacial score (nSPS) is 29.4. The lowest BCUT2D eigenvalue weighted by Crippen LogP contribution is -2.56. The molecule has 3 unspecified atom stereocenters. The van der Waals surface area contributed by atoms with E-state index in [0.29, 0.717) is 11.7 Å². The van der Waals surface area contributed by atoms with Gasteiger partial charge in [-0.25, -0.2) is 4.79 Å². The van der Waals surface area contributed by atoms with Crippen molar-refractivity contribution in [2.75, 3.05) is 5.75 Å². The van der Waals surface area contributed by atoms with Crippen LogP contribution in [-0.2, 0) is 9.59 Å². The zero-order chi connectivity index (χ0) is 14.4. The number of thioether (sulfide) groups is 1. The minimum absolute atomic E-state index is 0.00185. The van der Waals surface area contributed by atoms with Crippen molar-refractivity contribution >= 4 is 23.6 Å². The summed E-state index contributed by atoms with van der Waals surface area (Å²) in [6.45, 7) is 5.71. The molecular weight excluding hydrogens is 264 g/mol. The van der Waals surface area contributed by atoms with Crippen LogP contribution < -0.4 is 5.73 Å². The highest BCUT2D eigenvalue weighted by Crippen LogP contribution is 2.46. The maximum absolute atomic E-state index is 12.6. The predicted molar refractivity (Wildman–Crippen MR) is 74.7 cm³/mol. The van der Waals surface area contributed by atoms with E-state index in [1.54, 1.807) is 16.7 Å². The van der Waals surface area contributed by atoms with Gasteiger partial charge in [0, 0.05) is 5.75 Å². The number of carbonyl (C=O) groups is 2. The predicted octanol–water partition coefficient (Wildman–Crippen LogP) is 1.12. The molecule has 3 N–H and O–H groups in total. The average Bonchev–Trinajstić information content (AvgIpc) is 3.04. The zero-order valence-corrected chi connectivity index (χ0v) is 12.4. The van der Waals surface area contributed by atoms with E-state index in [9.17, 15) is 14.7 Å². The molecular formula is C13H22N2O3S. The average molecular weight is 286 g/mol. The number of nitrogens with zero attached hydrogens (tertiary/aromatic N) is 1. The lowest BCUT2D eigenvalue weighted by Gasteiger charge is -2.34. The molecule has 1 heterocycles. The Hall–Kier alpha value is -0.750. The van der Waals surface area contributed by atoms with Crippen LogP contribution in [0.4, 0.5) is 0 Å². The first-order valence-electron chi connectivity index (χ1n) is 6.65. The summed E-state index contributed by atoms with van der Waals surface area (Å²) in [4.78, 5) is 25.4. The first-order valence-corrected chi connectivity index (χ1v) is 7.70. The van der Waals surface area contributed by atoms with Gasteiger partial charge in [-0.05, 0) is 24.2 Å². The third-order valence-corrected chi connectivity index (χ3v) is 5.26. The number of rotatable bonds is 3. The van der Waals surface area contributed by atoms with Gasteiger partial charge >= 0.3 is 5.97 Å². The monoisotopic (exact) mass is 286 g/mol. The minimum Gasteiger partial charge on any atom is -0.480 e. The third kappa shape index (κ3) is 2.89. The molecule has 6 heteroatoms. The van der Waals surface area contributed by atoms with E-state index in [1.807, 2.05) is 20.8 Å². The number of aliphatic carboxylic acids is 1. The fourth-order valence-corrected chi connectivity index (χ4v) is 3.91. The SMILES string of the molecule is CC(C)(C)C(N)C(=O)N1C(C(=O)O)CSC1C1CC1. The van der Waals surface area contributed by atoms with E-state index in [-0.39, 0.29) is 16.7 Å². The molecule has 1 amide bonds. The summed E-state index contributed by atoms with van der Waals surface area (Å²) in [6, 6.07) is -1.38. The molecule has 0 aromatic rings. The second-order valence-corrected chi connectivity index (χ2v) is 7.65. The number of carboxylic acid groups (broad SMARTS) is 1. The summed E-state index contributed by atoms with van der Waals surface area (Å²) in [5.41, 5.74) is 5.67. The number of carbonyl (C=O) groups excluding carboxylic acids is 1. The lowest BCUT2D eigenvalue weighted by atomic mass is 9.86. The van der Waals surface area contributed by atoms with Crippen molar-refractivity contribution in [3.05, 3.63) is 0 Å². The van der Waals surface area contributed by atoms with Gasteiger partial charge < -0.3 is 15.7 Å². The summed E-state index contributed by atoms with van der Waals surface area (Å²) in [6.07, 6.45) is 2.16. The Morgan fingerprint density at radius 2 is 1.95 bits per heavy atom. The molecule has 5 nitrogen and oxygen atoms in total. The standard InChI is InChI=1S/C13H22N2O3S/c1-13(2,3)9(14)10(16)15-8(12(17)18)6-19-11(15)7-4-5-7/h7-9,11H,4-6,14H2,1-3H3,(H,17,18). The Morgan fingerprint density at radius 3 is 2.37 bits per heavy atom. The van der Waals surface area contributed by atoms with Crippen LogP contribution in [0, 0.1) is 11.3 Å².